The molecule has 0 spiro atoms. The maximum absolute atomic E-state index is 5.86. The minimum Gasteiger partial charge on any atom is -0.375 e. The van der Waals surface area contributed by atoms with Crippen LogP contribution in [0.2, 0.25) is 0 Å². The van der Waals surface area contributed by atoms with E-state index in [2.05, 4.69) is 31.7 Å². The van der Waals surface area contributed by atoms with Gasteiger partial charge in [-0.15, -0.1) is 0 Å². The van der Waals surface area contributed by atoms with Crippen molar-refractivity contribution in [3.8, 4) is 0 Å². The van der Waals surface area contributed by atoms with Crippen LogP contribution in [0.25, 0.3) is 6.08 Å². The van der Waals surface area contributed by atoms with Crippen LogP contribution in [0, 0.1) is 0 Å². The van der Waals surface area contributed by atoms with Crippen LogP contribution in [-0.4, -0.2) is 25.4 Å². The van der Waals surface area contributed by atoms with Crippen molar-refractivity contribution in [2.75, 3.05) is 13.2 Å². The first kappa shape index (κ1) is 12.3. The van der Waals surface area contributed by atoms with Gasteiger partial charge in [0.15, 0.2) is 0 Å². The fraction of sp³-hybridized carbons (Fsp3) is 0.467. The monoisotopic (exact) mass is 232 g/mol. The smallest absolute Gasteiger partial charge is 0.104 e. The Morgan fingerprint density at radius 3 is 2.94 bits per heavy atom. The summed E-state index contributed by atoms with van der Waals surface area (Å²) in [5.74, 6) is 0. The van der Waals surface area contributed by atoms with Crippen LogP contribution < -0.4 is 0 Å². The Hall–Kier alpha value is -1.12. The van der Waals surface area contributed by atoms with Crippen molar-refractivity contribution in [3.63, 3.8) is 0 Å². The molecule has 2 heteroatoms. The van der Waals surface area contributed by atoms with Gasteiger partial charge in [0.25, 0.3) is 0 Å². The zero-order valence-corrected chi connectivity index (χ0v) is 10.4. The molecule has 2 unspecified atom stereocenters. The van der Waals surface area contributed by atoms with Gasteiger partial charge in [-0.1, -0.05) is 43.8 Å². The Labute approximate surface area is 103 Å². The summed E-state index contributed by atoms with van der Waals surface area (Å²) in [7, 11) is 0. The third kappa shape index (κ3) is 3.69. The van der Waals surface area contributed by atoms with Gasteiger partial charge in [-0.25, -0.2) is 0 Å². The number of rotatable bonds is 7. The first-order valence-electron chi connectivity index (χ1n) is 6.27. The van der Waals surface area contributed by atoms with Crippen LogP contribution in [-0.2, 0) is 15.9 Å². The van der Waals surface area contributed by atoms with Gasteiger partial charge < -0.3 is 9.47 Å². The zero-order valence-electron chi connectivity index (χ0n) is 10.4. The average molecular weight is 232 g/mol. The second kappa shape index (κ2) is 5.99. The van der Waals surface area contributed by atoms with Crippen LogP contribution in [0.3, 0.4) is 0 Å². The molecule has 0 aliphatic carbocycles. The Balaban J connectivity index is 1.93. The van der Waals surface area contributed by atoms with Crippen LogP contribution in [0.1, 0.15) is 24.5 Å². The molecule has 2 nitrogen and oxygen atoms in total. The van der Waals surface area contributed by atoms with E-state index < -0.39 is 0 Å². The third-order valence-corrected chi connectivity index (χ3v) is 3.10. The molecule has 0 saturated carbocycles. The van der Waals surface area contributed by atoms with E-state index in [-0.39, 0.29) is 6.10 Å². The first-order valence-corrected chi connectivity index (χ1v) is 6.27. The summed E-state index contributed by atoms with van der Waals surface area (Å²) in [6.45, 7) is 7.60. The van der Waals surface area contributed by atoms with E-state index in [1.807, 2.05) is 12.1 Å². The number of hydrogen-bond acceptors (Lipinski definition) is 2. The fourth-order valence-electron chi connectivity index (χ4n) is 1.89. The molecule has 17 heavy (non-hydrogen) atoms. The summed E-state index contributed by atoms with van der Waals surface area (Å²) in [6, 6.07) is 8.36. The lowest BCUT2D eigenvalue weighted by molar-refractivity contribution is 0.0406. The molecule has 92 valence electrons. The van der Waals surface area contributed by atoms with Crippen molar-refractivity contribution in [1.82, 2.24) is 0 Å². The second-order valence-corrected chi connectivity index (χ2v) is 4.43. The summed E-state index contributed by atoms with van der Waals surface area (Å²) >= 11 is 0. The highest BCUT2D eigenvalue weighted by atomic mass is 16.6. The molecule has 2 atom stereocenters. The Morgan fingerprint density at radius 2 is 2.29 bits per heavy atom. The van der Waals surface area contributed by atoms with Crippen LogP contribution in [0.4, 0.5) is 0 Å². The predicted molar refractivity (Wildman–Crippen MR) is 70.0 cm³/mol. The average Bonchev–Trinajstić information content (AvgIpc) is 3.19. The van der Waals surface area contributed by atoms with Crippen LogP contribution >= 0.6 is 0 Å². The fourth-order valence-corrected chi connectivity index (χ4v) is 1.89. The molecule has 1 aromatic carbocycles. The first-order chi connectivity index (χ1) is 8.33. The largest absolute Gasteiger partial charge is 0.375 e. The van der Waals surface area contributed by atoms with E-state index in [0.29, 0.717) is 6.10 Å². The van der Waals surface area contributed by atoms with Gasteiger partial charge in [0.2, 0.25) is 0 Å². The minimum absolute atomic E-state index is 0.278. The van der Waals surface area contributed by atoms with Gasteiger partial charge >= 0.3 is 0 Å². The Kier molecular flexibility index (Phi) is 4.35. The van der Waals surface area contributed by atoms with Gasteiger partial charge in [0, 0.05) is 0 Å². The summed E-state index contributed by atoms with van der Waals surface area (Å²) in [5, 5.41) is 0. The molecular weight excluding hydrogens is 212 g/mol. The summed E-state index contributed by atoms with van der Waals surface area (Å²) < 4.78 is 11.0. The van der Waals surface area contributed by atoms with Crippen molar-refractivity contribution in [2.45, 2.75) is 32.0 Å². The quantitative estimate of drug-likeness (QED) is 0.674. The number of epoxide rings is 1. The molecule has 1 aliphatic rings. The highest BCUT2D eigenvalue weighted by Gasteiger charge is 2.24. The SMILES string of the molecule is C=Cc1ccccc1CC(CC)OCC1CO1. The van der Waals surface area contributed by atoms with E-state index in [1.54, 1.807) is 0 Å². The molecule has 2 rings (SSSR count). The topological polar surface area (TPSA) is 21.8 Å². The lowest BCUT2D eigenvalue weighted by Gasteiger charge is -2.16. The van der Waals surface area contributed by atoms with Gasteiger partial charge in [-0.05, 0) is 24.0 Å². The zero-order chi connectivity index (χ0) is 12.1. The van der Waals surface area contributed by atoms with Gasteiger partial charge in [0.1, 0.15) is 6.10 Å². The highest BCUT2D eigenvalue weighted by molar-refractivity contribution is 5.51. The number of hydrogen-bond donors (Lipinski definition) is 0. The lowest BCUT2D eigenvalue weighted by Crippen LogP contribution is -2.18. The predicted octanol–water partition coefficient (Wildman–Crippen LogP) is 3.07. The summed E-state index contributed by atoms with van der Waals surface area (Å²) in [4.78, 5) is 0. The molecule has 0 aromatic heterocycles. The van der Waals surface area contributed by atoms with Gasteiger partial charge in [0.05, 0.1) is 19.3 Å². The highest BCUT2D eigenvalue weighted by Crippen LogP contribution is 2.17. The Morgan fingerprint density at radius 1 is 1.53 bits per heavy atom. The van der Waals surface area contributed by atoms with E-state index >= 15 is 0 Å². The van der Waals surface area contributed by atoms with E-state index in [4.69, 9.17) is 9.47 Å². The van der Waals surface area contributed by atoms with Crippen LogP contribution in [0.15, 0.2) is 30.8 Å². The van der Waals surface area contributed by atoms with Gasteiger partial charge in [-0.3, -0.25) is 0 Å². The second-order valence-electron chi connectivity index (χ2n) is 4.43. The van der Waals surface area contributed by atoms with E-state index in [0.717, 1.165) is 26.1 Å². The Bertz CT molecular complexity index is 369. The molecule has 0 bridgehead atoms. The summed E-state index contributed by atoms with van der Waals surface area (Å²) in [5.41, 5.74) is 2.52. The molecule has 1 aliphatic heterocycles. The van der Waals surface area contributed by atoms with Crippen molar-refractivity contribution in [3.05, 3.63) is 42.0 Å². The maximum atomic E-state index is 5.86. The molecule has 1 aromatic rings. The molecular formula is C15H20O2. The van der Waals surface area contributed by atoms with Crippen molar-refractivity contribution in [2.24, 2.45) is 0 Å². The molecule has 1 saturated heterocycles. The van der Waals surface area contributed by atoms with Crippen molar-refractivity contribution >= 4 is 6.08 Å². The third-order valence-electron chi connectivity index (χ3n) is 3.10. The molecule has 0 radical (unpaired) electrons. The lowest BCUT2D eigenvalue weighted by atomic mass is 10.0. The minimum atomic E-state index is 0.278. The molecule has 1 fully saturated rings. The standard InChI is InChI=1S/C15H20O2/c1-3-12-7-5-6-8-13(12)9-14(4-2)16-10-15-11-17-15/h3,5-8,14-15H,1,4,9-11H2,2H3. The van der Waals surface area contributed by atoms with Crippen molar-refractivity contribution < 1.29 is 9.47 Å². The summed E-state index contributed by atoms with van der Waals surface area (Å²) in [6.07, 6.45) is 4.51. The van der Waals surface area contributed by atoms with E-state index in [1.165, 1.54) is 11.1 Å². The molecule has 0 N–H and O–H groups in total. The van der Waals surface area contributed by atoms with E-state index in [9.17, 15) is 0 Å². The van der Waals surface area contributed by atoms with Crippen molar-refractivity contribution in [1.29, 1.82) is 0 Å². The molecule has 0 amide bonds. The normalized spacial score (nSPS) is 19.9. The molecule has 1 heterocycles. The van der Waals surface area contributed by atoms with Gasteiger partial charge in [-0.2, -0.15) is 0 Å². The number of ether oxygens (including phenoxy) is 2. The number of benzene rings is 1. The van der Waals surface area contributed by atoms with Crippen LogP contribution in [0.5, 0.6) is 0 Å². The maximum Gasteiger partial charge on any atom is 0.104 e.